The van der Waals surface area contributed by atoms with Crippen molar-refractivity contribution in [2.24, 2.45) is 0 Å². The summed E-state index contributed by atoms with van der Waals surface area (Å²) in [6.07, 6.45) is 0.0934. The molecule has 2 aromatic carbocycles. The van der Waals surface area contributed by atoms with Crippen LogP contribution in [0.15, 0.2) is 48.5 Å². The minimum Gasteiger partial charge on any atom is -0.489 e. The molecule has 0 radical (unpaired) electrons. The van der Waals surface area contributed by atoms with Crippen molar-refractivity contribution in [3.05, 3.63) is 54.1 Å². The number of ether oxygens (including phenoxy) is 1. The van der Waals surface area contributed by atoms with Gasteiger partial charge in [0.1, 0.15) is 5.75 Å². The molecule has 4 heteroatoms. The fraction of sp³-hybridized carbons (Fsp3) is 0.250. The van der Waals surface area contributed by atoms with Gasteiger partial charge in [0.05, 0.1) is 24.1 Å². The van der Waals surface area contributed by atoms with Gasteiger partial charge in [0.15, 0.2) is 0 Å². The summed E-state index contributed by atoms with van der Waals surface area (Å²) < 4.78 is 5.65. The number of nitrogen functional groups attached to an aromatic ring is 1. The molecule has 0 amide bonds. The average molecular weight is 272 g/mol. The minimum atomic E-state index is 0.0934. The van der Waals surface area contributed by atoms with Crippen LogP contribution in [0.3, 0.4) is 0 Å². The van der Waals surface area contributed by atoms with E-state index in [0.29, 0.717) is 18.0 Å². The van der Waals surface area contributed by atoms with E-state index in [1.807, 2.05) is 62.4 Å². The van der Waals surface area contributed by atoms with Crippen LogP contribution in [0.25, 0.3) is 0 Å². The van der Waals surface area contributed by atoms with E-state index in [-0.39, 0.29) is 6.10 Å². The van der Waals surface area contributed by atoms with E-state index in [4.69, 9.17) is 15.3 Å². The standard InChI is InChI=1S/C16H20N2O2/c1-12(2)20-16-10-13(8-9-15(16)17)11-19-18-14-6-4-3-5-7-14/h3-10,12,18H,11,17H2,1-2H3. The Morgan fingerprint density at radius 1 is 1.10 bits per heavy atom. The first-order valence-electron chi connectivity index (χ1n) is 6.63. The highest BCUT2D eigenvalue weighted by Crippen LogP contribution is 2.24. The normalized spacial score (nSPS) is 10.6. The van der Waals surface area contributed by atoms with E-state index in [1.165, 1.54) is 0 Å². The SMILES string of the molecule is CC(C)Oc1cc(CONc2ccccc2)ccc1N. The second-order valence-corrected chi connectivity index (χ2v) is 4.80. The quantitative estimate of drug-likeness (QED) is 0.623. The van der Waals surface area contributed by atoms with Crippen LogP contribution in [0.1, 0.15) is 19.4 Å². The Morgan fingerprint density at radius 3 is 2.55 bits per heavy atom. The van der Waals surface area contributed by atoms with E-state index in [2.05, 4.69) is 5.48 Å². The monoisotopic (exact) mass is 272 g/mol. The van der Waals surface area contributed by atoms with Crippen molar-refractivity contribution in [3.8, 4) is 5.75 Å². The Balaban J connectivity index is 1.93. The molecule has 0 aromatic heterocycles. The summed E-state index contributed by atoms with van der Waals surface area (Å²) >= 11 is 0. The van der Waals surface area contributed by atoms with Crippen LogP contribution in [0.5, 0.6) is 5.75 Å². The summed E-state index contributed by atoms with van der Waals surface area (Å²) in [5.74, 6) is 0.695. The molecule has 0 heterocycles. The Bertz CT molecular complexity index is 541. The van der Waals surface area contributed by atoms with Crippen LogP contribution < -0.4 is 16.0 Å². The van der Waals surface area contributed by atoms with Crippen LogP contribution in [0.2, 0.25) is 0 Å². The van der Waals surface area contributed by atoms with E-state index in [1.54, 1.807) is 0 Å². The maximum Gasteiger partial charge on any atom is 0.142 e. The van der Waals surface area contributed by atoms with Crippen LogP contribution >= 0.6 is 0 Å². The molecule has 0 aliphatic carbocycles. The Labute approximate surface area is 119 Å². The predicted molar refractivity (Wildman–Crippen MR) is 81.5 cm³/mol. The third-order valence-electron chi connectivity index (χ3n) is 2.64. The van der Waals surface area contributed by atoms with Gasteiger partial charge in [-0.2, -0.15) is 0 Å². The van der Waals surface area contributed by atoms with Gasteiger partial charge in [0.2, 0.25) is 0 Å². The largest absolute Gasteiger partial charge is 0.489 e. The number of hydrogen-bond acceptors (Lipinski definition) is 4. The van der Waals surface area contributed by atoms with E-state index in [0.717, 1.165) is 11.3 Å². The average Bonchev–Trinajstić information content (AvgIpc) is 2.43. The first-order valence-corrected chi connectivity index (χ1v) is 6.63. The second-order valence-electron chi connectivity index (χ2n) is 4.80. The second kappa shape index (κ2) is 6.82. The van der Waals surface area contributed by atoms with E-state index < -0.39 is 0 Å². The molecule has 3 N–H and O–H groups in total. The molecule has 0 bridgehead atoms. The smallest absolute Gasteiger partial charge is 0.142 e. The zero-order valence-electron chi connectivity index (χ0n) is 11.8. The lowest BCUT2D eigenvalue weighted by Gasteiger charge is -2.13. The zero-order valence-corrected chi connectivity index (χ0v) is 11.8. The number of hydrogen-bond donors (Lipinski definition) is 2. The number of benzene rings is 2. The van der Waals surface area contributed by atoms with Gasteiger partial charge in [-0.3, -0.25) is 10.3 Å². The van der Waals surface area contributed by atoms with Crippen molar-refractivity contribution in [2.75, 3.05) is 11.2 Å². The van der Waals surface area contributed by atoms with Gasteiger partial charge in [0.25, 0.3) is 0 Å². The van der Waals surface area contributed by atoms with Gasteiger partial charge < -0.3 is 10.5 Å². The van der Waals surface area contributed by atoms with Crippen LogP contribution in [0.4, 0.5) is 11.4 Å². The number of nitrogens with two attached hydrogens (primary N) is 1. The third-order valence-corrected chi connectivity index (χ3v) is 2.64. The highest BCUT2D eigenvalue weighted by atomic mass is 16.6. The van der Waals surface area contributed by atoms with Crippen molar-refractivity contribution in [1.82, 2.24) is 0 Å². The molecular formula is C16H20N2O2. The van der Waals surface area contributed by atoms with Gasteiger partial charge in [-0.25, -0.2) is 0 Å². The lowest BCUT2D eigenvalue weighted by atomic mass is 10.2. The molecular weight excluding hydrogens is 252 g/mol. The lowest BCUT2D eigenvalue weighted by Crippen LogP contribution is -2.08. The topological polar surface area (TPSA) is 56.5 Å². The molecule has 0 aliphatic rings. The maximum atomic E-state index is 5.88. The maximum absolute atomic E-state index is 5.88. The first-order chi connectivity index (χ1) is 9.65. The van der Waals surface area contributed by atoms with Crippen LogP contribution in [0, 0.1) is 0 Å². The number of anilines is 2. The fourth-order valence-corrected chi connectivity index (χ4v) is 1.73. The Hall–Kier alpha value is -2.20. The van der Waals surface area contributed by atoms with E-state index in [9.17, 15) is 0 Å². The van der Waals surface area contributed by atoms with Crippen LogP contribution in [-0.2, 0) is 11.4 Å². The number of rotatable bonds is 6. The predicted octanol–water partition coefficient (Wildman–Crippen LogP) is 3.60. The summed E-state index contributed by atoms with van der Waals surface area (Å²) in [5.41, 5.74) is 11.3. The van der Waals surface area contributed by atoms with Crippen molar-refractivity contribution in [1.29, 1.82) is 0 Å². The lowest BCUT2D eigenvalue weighted by molar-refractivity contribution is 0.179. The van der Waals surface area contributed by atoms with Gasteiger partial charge in [-0.1, -0.05) is 24.3 Å². The van der Waals surface area contributed by atoms with Crippen LogP contribution in [-0.4, -0.2) is 6.10 Å². The fourth-order valence-electron chi connectivity index (χ4n) is 1.73. The summed E-state index contributed by atoms with van der Waals surface area (Å²) in [4.78, 5) is 5.46. The molecule has 20 heavy (non-hydrogen) atoms. The first kappa shape index (κ1) is 14.2. The molecule has 2 rings (SSSR count). The minimum absolute atomic E-state index is 0.0934. The Morgan fingerprint density at radius 2 is 1.85 bits per heavy atom. The molecule has 0 atom stereocenters. The summed E-state index contributed by atoms with van der Waals surface area (Å²) in [6.45, 7) is 4.38. The molecule has 0 fully saturated rings. The van der Waals surface area contributed by atoms with Gasteiger partial charge in [-0.05, 0) is 43.7 Å². The highest BCUT2D eigenvalue weighted by Gasteiger charge is 2.05. The van der Waals surface area contributed by atoms with Gasteiger partial charge in [-0.15, -0.1) is 0 Å². The molecule has 2 aromatic rings. The molecule has 0 aliphatic heterocycles. The Kier molecular flexibility index (Phi) is 4.85. The van der Waals surface area contributed by atoms with Crippen molar-refractivity contribution < 1.29 is 9.57 Å². The zero-order chi connectivity index (χ0) is 14.4. The summed E-state index contributed by atoms with van der Waals surface area (Å²) in [5, 5.41) is 0. The molecule has 106 valence electrons. The van der Waals surface area contributed by atoms with Gasteiger partial charge in [0, 0.05) is 0 Å². The number of nitrogens with one attached hydrogen (secondary N) is 1. The molecule has 0 unspecified atom stereocenters. The molecule has 4 nitrogen and oxygen atoms in total. The molecule has 0 saturated heterocycles. The van der Waals surface area contributed by atoms with Gasteiger partial charge >= 0.3 is 0 Å². The van der Waals surface area contributed by atoms with Crippen molar-refractivity contribution in [3.63, 3.8) is 0 Å². The molecule has 0 saturated carbocycles. The van der Waals surface area contributed by atoms with Crippen molar-refractivity contribution in [2.45, 2.75) is 26.6 Å². The summed E-state index contributed by atoms with van der Waals surface area (Å²) in [6, 6.07) is 15.4. The van der Waals surface area contributed by atoms with Crippen molar-refractivity contribution >= 4 is 11.4 Å². The van der Waals surface area contributed by atoms with E-state index >= 15 is 0 Å². The summed E-state index contributed by atoms with van der Waals surface area (Å²) in [7, 11) is 0. The molecule has 0 spiro atoms. The third kappa shape index (κ3) is 4.17. The number of para-hydroxylation sites is 1. The highest BCUT2D eigenvalue weighted by molar-refractivity contribution is 5.54.